The fourth-order valence-corrected chi connectivity index (χ4v) is 3.48. The molecule has 0 aromatic carbocycles. The second-order valence-corrected chi connectivity index (χ2v) is 5.84. The Kier molecular flexibility index (Phi) is 3.60. The molecule has 2 atom stereocenters. The molecule has 1 N–H and O–H groups in total. The topological polar surface area (TPSA) is 33.1 Å². The van der Waals surface area contributed by atoms with Gasteiger partial charge in [0.1, 0.15) is 0 Å². The number of nitrogens with one attached hydrogen (secondary N) is 1. The molecule has 3 rings (SSSR count). The van der Waals surface area contributed by atoms with Crippen molar-refractivity contribution < 1.29 is 0 Å². The number of aryl methyl sites for hydroxylation is 1. The number of rotatable bonds is 4. The van der Waals surface area contributed by atoms with Crippen LogP contribution in [0.25, 0.3) is 0 Å². The van der Waals surface area contributed by atoms with Gasteiger partial charge in [0.15, 0.2) is 0 Å². The third kappa shape index (κ3) is 2.68. The third-order valence-electron chi connectivity index (χ3n) is 4.38. The van der Waals surface area contributed by atoms with E-state index in [2.05, 4.69) is 32.5 Å². The molecule has 0 spiro atoms. The largest absolute Gasteiger partial charge is 0.353 e. The Morgan fingerprint density at radius 3 is 3.21 bits per heavy atom. The molecular weight excluding hydrogens is 236 g/mol. The van der Waals surface area contributed by atoms with Gasteiger partial charge in [-0.1, -0.05) is 6.08 Å². The molecule has 4 heteroatoms. The highest BCUT2D eigenvalue weighted by atomic mass is 15.2. The first-order chi connectivity index (χ1) is 9.26. The van der Waals surface area contributed by atoms with Crippen LogP contribution in [0, 0.1) is 6.92 Å². The van der Waals surface area contributed by atoms with E-state index in [0.29, 0.717) is 6.04 Å². The van der Waals surface area contributed by atoms with E-state index in [1.807, 2.05) is 13.0 Å². The summed E-state index contributed by atoms with van der Waals surface area (Å²) in [6.07, 6.45) is 9.26. The highest BCUT2D eigenvalue weighted by molar-refractivity contribution is 5.31. The average Bonchev–Trinajstić information content (AvgIpc) is 2.97. The van der Waals surface area contributed by atoms with Gasteiger partial charge in [-0.05, 0) is 39.2 Å². The van der Waals surface area contributed by atoms with E-state index in [1.54, 1.807) is 0 Å². The van der Waals surface area contributed by atoms with Crippen molar-refractivity contribution in [2.24, 2.45) is 0 Å². The summed E-state index contributed by atoms with van der Waals surface area (Å²) in [4.78, 5) is 7.25. The quantitative estimate of drug-likeness (QED) is 0.844. The molecule has 2 unspecified atom stereocenters. The van der Waals surface area contributed by atoms with Gasteiger partial charge in [0.05, 0.1) is 5.69 Å². The summed E-state index contributed by atoms with van der Waals surface area (Å²) in [6, 6.07) is 1.37. The summed E-state index contributed by atoms with van der Waals surface area (Å²) in [5.41, 5.74) is 1.07. The van der Waals surface area contributed by atoms with E-state index in [0.717, 1.165) is 24.2 Å². The summed E-state index contributed by atoms with van der Waals surface area (Å²) in [5.74, 6) is 1.01. The van der Waals surface area contributed by atoms with Crippen LogP contribution in [-0.4, -0.2) is 39.6 Å². The van der Waals surface area contributed by atoms with Crippen molar-refractivity contribution in [1.29, 1.82) is 0 Å². The second kappa shape index (κ2) is 5.37. The van der Waals surface area contributed by atoms with Crippen LogP contribution in [0.15, 0.2) is 18.9 Å². The van der Waals surface area contributed by atoms with E-state index >= 15 is 0 Å². The molecule has 2 fully saturated rings. The van der Waals surface area contributed by atoms with Crippen molar-refractivity contribution >= 4 is 5.95 Å². The van der Waals surface area contributed by atoms with Gasteiger partial charge in [-0.3, -0.25) is 0 Å². The molecule has 1 aromatic heterocycles. The minimum atomic E-state index is 0.574. The number of allylic oxidation sites excluding steroid dienone is 1. The highest BCUT2D eigenvalue weighted by Gasteiger charge is 2.31. The number of piperidine rings is 1. The van der Waals surface area contributed by atoms with Gasteiger partial charge < -0.3 is 14.8 Å². The third-order valence-corrected chi connectivity index (χ3v) is 4.38. The Bertz CT molecular complexity index is 451. The minimum Gasteiger partial charge on any atom is -0.353 e. The average molecular weight is 260 g/mol. The van der Waals surface area contributed by atoms with E-state index in [1.165, 1.54) is 38.8 Å². The zero-order valence-corrected chi connectivity index (χ0v) is 11.8. The molecule has 19 heavy (non-hydrogen) atoms. The van der Waals surface area contributed by atoms with Crippen molar-refractivity contribution in [3.8, 4) is 0 Å². The lowest BCUT2D eigenvalue weighted by Gasteiger charge is -2.35. The Hall–Kier alpha value is -1.29. The summed E-state index contributed by atoms with van der Waals surface area (Å²) in [6.45, 7) is 9.23. The van der Waals surface area contributed by atoms with Crippen LogP contribution >= 0.6 is 0 Å². The van der Waals surface area contributed by atoms with Crippen molar-refractivity contribution in [1.82, 2.24) is 14.5 Å². The van der Waals surface area contributed by atoms with Crippen LogP contribution in [-0.2, 0) is 6.54 Å². The van der Waals surface area contributed by atoms with Crippen molar-refractivity contribution in [3.05, 3.63) is 24.5 Å². The summed E-state index contributed by atoms with van der Waals surface area (Å²) in [7, 11) is 0. The van der Waals surface area contributed by atoms with Gasteiger partial charge in [-0.2, -0.15) is 0 Å². The molecule has 2 aliphatic rings. The Balaban J connectivity index is 1.66. The minimum absolute atomic E-state index is 0.574. The number of aromatic nitrogens is 2. The Morgan fingerprint density at radius 2 is 2.37 bits per heavy atom. The van der Waals surface area contributed by atoms with Gasteiger partial charge in [0.25, 0.3) is 0 Å². The van der Waals surface area contributed by atoms with Crippen molar-refractivity contribution in [3.63, 3.8) is 0 Å². The molecule has 0 bridgehead atoms. The summed E-state index contributed by atoms with van der Waals surface area (Å²) in [5, 5.41) is 3.65. The van der Waals surface area contributed by atoms with Crippen LogP contribution in [0.4, 0.5) is 5.95 Å². The molecule has 104 valence electrons. The fourth-order valence-electron chi connectivity index (χ4n) is 3.48. The highest BCUT2D eigenvalue weighted by Crippen LogP contribution is 2.28. The summed E-state index contributed by atoms with van der Waals surface area (Å²) < 4.78 is 2.16. The number of hydrogen-bond donors (Lipinski definition) is 1. The molecule has 2 saturated heterocycles. The van der Waals surface area contributed by atoms with Gasteiger partial charge >= 0.3 is 0 Å². The molecule has 0 saturated carbocycles. The molecular formula is C15H24N4. The zero-order valence-electron chi connectivity index (χ0n) is 11.8. The van der Waals surface area contributed by atoms with Crippen LogP contribution in [0.1, 0.15) is 31.4 Å². The molecule has 1 aromatic rings. The van der Waals surface area contributed by atoms with Crippen LogP contribution < -0.4 is 5.32 Å². The van der Waals surface area contributed by atoms with E-state index in [9.17, 15) is 0 Å². The maximum Gasteiger partial charge on any atom is 0.203 e. The predicted molar refractivity (Wildman–Crippen MR) is 78.4 cm³/mol. The lowest BCUT2D eigenvalue weighted by Crippen LogP contribution is -2.43. The number of fused-ring (bicyclic) bond motifs is 1. The van der Waals surface area contributed by atoms with Crippen LogP contribution in [0.5, 0.6) is 0 Å². The number of imidazole rings is 1. The standard InChI is InChI=1S/C15H24N4/c1-3-7-19-11-12(2)16-15(19)17-13-6-9-18-8-4-5-14(18)10-13/h3,11,13-14H,1,4-10H2,2H3,(H,16,17). The fraction of sp³-hybridized carbons (Fsp3) is 0.667. The van der Waals surface area contributed by atoms with Gasteiger partial charge in [-0.25, -0.2) is 4.98 Å². The number of hydrogen-bond acceptors (Lipinski definition) is 3. The molecule has 3 heterocycles. The van der Waals surface area contributed by atoms with E-state index in [4.69, 9.17) is 0 Å². The lowest BCUT2D eigenvalue weighted by molar-refractivity contribution is 0.187. The molecule has 0 radical (unpaired) electrons. The van der Waals surface area contributed by atoms with Crippen molar-refractivity contribution in [2.75, 3.05) is 18.4 Å². The van der Waals surface area contributed by atoms with E-state index in [-0.39, 0.29) is 0 Å². The van der Waals surface area contributed by atoms with Crippen LogP contribution in [0.3, 0.4) is 0 Å². The Morgan fingerprint density at radius 1 is 1.47 bits per heavy atom. The van der Waals surface area contributed by atoms with Gasteiger partial charge in [0.2, 0.25) is 5.95 Å². The lowest BCUT2D eigenvalue weighted by atomic mass is 9.98. The second-order valence-electron chi connectivity index (χ2n) is 5.84. The predicted octanol–water partition coefficient (Wildman–Crippen LogP) is 2.42. The molecule has 0 amide bonds. The van der Waals surface area contributed by atoms with Crippen molar-refractivity contribution in [2.45, 2.75) is 51.2 Å². The normalized spacial score (nSPS) is 27.2. The SMILES string of the molecule is C=CCn1cc(C)nc1NC1CCN2CCCC2C1. The molecule has 2 aliphatic heterocycles. The van der Waals surface area contributed by atoms with Gasteiger partial charge in [-0.15, -0.1) is 6.58 Å². The Labute approximate surface area is 115 Å². The first-order valence-corrected chi connectivity index (χ1v) is 7.41. The summed E-state index contributed by atoms with van der Waals surface area (Å²) >= 11 is 0. The van der Waals surface area contributed by atoms with Gasteiger partial charge in [0, 0.05) is 31.4 Å². The van der Waals surface area contributed by atoms with E-state index < -0.39 is 0 Å². The first kappa shape index (κ1) is 12.7. The number of nitrogens with zero attached hydrogens (tertiary/aromatic N) is 3. The maximum absolute atomic E-state index is 4.60. The van der Waals surface area contributed by atoms with Crippen LogP contribution in [0.2, 0.25) is 0 Å². The molecule has 0 aliphatic carbocycles. The zero-order chi connectivity index (χ0) is 13.2. The smallest absolute Gasteiger partial charge is 0.203 e. The number of anilines is 1. The monoisotopic (exact) mass is 260 g/mol. The molecule has 4 nitrogen and oxygen atoms in total. The maximum atomic E-state index is 4.60. The first-order valence-electron chi connectivity index (χ1n) is 7.41.